The van der Waals surface area contributed by atoms with Crippen molar-refractivity contribution in [1.29, 1.82) is 0 Å². The van der Waals surface area contributed by atoms with Gasteiger partial charge in [0.25, 0.3) is 0 Å². The summed E-state index contributed by atoms with van der Waals surface area (Å²) in [4.78, 5) is 12.1. The lowest BCUT2D eigenvalue weighted by atomic mass is 10.1. The highest BCUT2D eigenvalue weighted by Crippen LogP contribution is 2.36. The number of carbonyl (C=O) groups excluding carboxylic acids is 1. The SMILES string of the molecule is COc1ccc(OC)c(NC(=O)Nc2ccc(Cl)cc2C(F)(F)F)c1. The third-order valence-corrected chi connectivity index (χ3v) is 3.43. The van der Waals surface area contributed by atoms with E-state index in [9.17, 15) is 18.0 Å². The van der Waals surface area contributed by atoms with E-state index in [0.29, 0.717) is 11.5 Å². The molecular weight excluding hydrogens is 361 g/mol. The molecule has 0 unspecified atom stereocenters. The van der Waals surface area contributed by atoms with Gasteiger partial charge < -0.3 is 20.1 Å². The molecule has 0 aliphatic carbocycles. The number of urea groups is 1. The minimum Gasteiger partial charge on any atom is -0.497 e. The first-order valence-electron chi connectivity index (χ1n) is 6.91. The van der Waals surface area contributed by atoms with Gasteiger partial charge in [0, 0.05) is 11.1 Å². The van der Waals surface area contributed by atoms with Crippen molar-refractivity contribution in [2.24, 2.45) is 0 Å². The van der Waals surface area contributed by atoms with Crippen molar-refractivity contribution in [3.8, 4) is 11.5 Å². The Morgan fingerprint density at radius 2 is 1.68 bits per heavy atom. The van der Waals surface area contributed by atoms with Crippen molar-refractivity contribution < 1.29 is 27.4 Å². The zero-order valence-electron chi connectivity index (χ0n) is 13.2. The molecule has 2 aromatic rings. The van der Waals surface area contributed by atoms with Crippen LogP contribution in [0.4, 0.5) is 29.3 Å². The first-order chi connectivity index (χ1) is 11.7. The Morgan fingerprint density at radius 1 is 1.00 bits per heavy atom. The molecule has 0 spiro atoms. The number of ether oxygens (including phenoxy) is 2. The minimum atomic E-state index is -4.67. The third-order valence-electron chi connectivity index (χ3n) is 3.19. The van der Waals surface area contributed by atoms with E-state index in [0.717, 1.165) is 12.1 Å². The number of benzene rings is 2. The Bertz CT molecular complexity index is 782. The van der Waals surface area contributed by atoms with E-state index in [4.69, 9.17) is 21.1 Å². The van der Waals surface area contributed by atoms with Crippen LogP contribution in [0.2, 0.25) is 5.02 Å². The smallest absolute Gasteiger partial charge is 0.418 e. The van der Waals surface area contributed by atoms with Gasteiger partial charge in [-0.15, -0.1) is 0 Å². The predicted octanol–water partition coefficient (Wildman–Crippen LogP) is 5.02. The molecule has 0 saturated heterocycles. The molecule has 2 amide bonds. The van der Waals surface area contributed by atoms with Crippen molar-refractivity contribution >= 4 is 29.0 Å². The van der Waals surface area contributed by atoms with Crippen LogP contribution in [0.15, 0.2) is 36.4 Å². The van der Waals surface area contributed by atoms with Crippen LogP contribution in [0.3, 0.4) is 0 Å². The summed E-state index contributed by atoms with van der Waals surface area (Å²) in [7, 11) is 2.83. The number of hydrogen-bond acceptors (Lipinski definition) is 3. The van der Waals surface area contributed by atoms with Gasteiger partial charge in [0.2, 0.25) is 0 Å². The Balaban J connectivity index is 2.24. The first-order valence-corrected chi connectivity index (χ1v) is 7.29. The van der Waals surface area contributed by atoms with Crippen LogP contribution in [0.1, 0.15) is 5.56 Å². The van der Waals surface area contributed by atoms with E-state index < -0.39 is 23.5 Å². The zero-order chi connectivity index (χ0) is 18.6. The van der Waals surface area contributed by atoms with Crippen LogP contribution in [-0.4, -0.2) is 20.3 Å². The monoisotopic (exact) mass is 374 g/mol. The van der Waals surface area contributed by atoms with Gasteiger partial charge >= 0.3 is 12.2 Å². The van der Waals surface area contributed by atoms with Gasteiger partial charge in [-0.05, 0) is 30.3 Å². The van der Waals surface area contributed by atoms with Crippen molar-refractivity contribution in [1.82, 2.24) is 0 Å². The topological polar surface area (TPSA) is 59.6 Å². The number of rotatable bonds is 4. The fraction of sp³-hybridized carbons (Fsp3) is 0.188. The van der Waals surface area contributed by atoms with Gasteiger partial charge in [-0.2, -0.15) is 13.2 Å². The molecule has 0 fully saturated rings. The molecule has 2 rings (SSSR count). The van der Waals surface area contributed by atoms with Gasteiger partial charge in [-0.1, -0.05) is 11.6 Å². The highest BCUT2D eigenvalue weighted by atomic mass is 35.5. The molecular formula is C16H14ClF3N2O3. The minimum absolute atomic E-state index is 0.0900. The van der Waals surface area contributed by atoms with Crippen LogP contribution in [0.5, 0.6) is 11.5 Å². The van der Waals surface area contributed by atoms with Crippen molar-refractivity contribution in [2.75, 3.05) is 24.9 Å². The summed E-state index contributed by atoms with van der Waals surface area (Å²) in [5, 5.41) is 4.49. The molecule has 9 heteroatoms. The maximum Gasteiger partial charge on any atom is 0.418 e. The standard InChI is InChI=1S/C16H14ClF3N2O3/c1-24-10-4-6-14(25-2)13(8-10)22-15(23)21-12-5-3-9(17)7-11(12)16(18,19)20/h3-8H,1-2H3,(H2,21,22,23). The maximum atomic E-state index is 13.1. The lowest BCUT2D eigenvalue weighted by Gasteiger charge is -2.16. The van der Waals surface area contributed by atoms with Crippen LogP contribution < -0.4 is 20.1 Å². The number of halogens is 4. The number of anilines is 2. The van der Waals surface area contributed by atoms with E-state index in [1.807, 2.05) is 0 Å². The molecule has 5 nitrogen and oxygen atoms in total. The van der Waals surface area contributed by atoms with Crippen LogP contribution in [0, 0.1) is 0 Å². The fourth-order valence-corrected chi connectivity index (χ4v) is 2.22. The molecule has 0 bridgehead atoms. The zero-order valence-corrected chi connectivity index (χ0v) is 14.0. The van der Waals surface area contributed by atoms with Crippen LogP contribution >= 0.6 is 11.6 Å². The summed E-state index contributed by atoms with van der Waals surface area (Å²) >= 11 is 5.60. The second-order valence-corrected chi connectivity index (χ2v) is 5.27. The lowest BCUT2D eigenvalue weighted by Crippen LogP contribution is -2.22. The molecule has 134 valence electrons. The quantitative estimate of drug-likeness (QED) is 0.790. The molecule has 0 atom stereocenters. The summed E-state index contributed by atoms with van der Waals surface area (Å²) in [6.07, 6.45) is -4.67. The van der Waals surface area contributed by atoms with Crippen molar-refractivity contribution in [2.45, 2.75) is 6.18 Å². The van der Waals surface area contributed by atoms with Crippen molar-refractivity contribution in [3.63, 3.8) is 0 Å². The number of hydrogen-bond donors (Lipinski definition) is 2. The average Bonchev–Trinajstić information content (AvgIpc) is 2.55. The number of alkyl halides is 3. The summed E-state index contributed by atoms with van der Waals surface area (Å²) in [6.45, 7) is 0. The van der Waals surface area contributed by atoms with Crippen LogP contribution in [0.25, 0.3) is 0 Å². The molecule has 0 saturated carbocycles. The third kappa shape index (κ3) is 4.69. The second kappa shape index (κ2) is 7.52. The predicted molar refractivity (Wildman–Crippen MR) is 88.6 cm³/mol. The highest BCUT2D eigenvalue weighted by Gasteiger charge is 2.34. The summed E-state index contributed by atoms with van der Waals surface area (Å²) < 4.78 is 49.3. The van der Waals surface area contributed by atoms with E-state index in [2.05, 4.69) is 10.6 Å². The highest BCUT2D eigenvalue weighted by molar-refractivity contribution is 6.30. The van der Waals surface area contributed by atoms with Gasteiger partial charge in [0.05, 0.1) is 31.2 Å². The molecule has 0 aliphatic heterocycles. The number of methoxy groups -OCH3 is 2. The molecule has 0 aliphatic rings. The Kier molecular flexibility index (Phi) is 5.63. The fourth-order valence-electron chi connectivity index (χ4n) is 2.05. The Hall–Kier alpha value is -2.61. The maximum absolute atomic E-state index is 13.1. The van der Waals surface area contributed by atoms with Crippen LogP contribution in [-0.2, 0) is 6.18 Å². The first kappa shape index (κ1) is 18.7. The normalized spacial score (nSPS) is 11.0. The average molecular weight is 375 g/mol. The Morgan fingerprint density at radius 3 is 2.28 bits per heavy atom. The number of amides is 2. The number of nitrogens with one attached hydrogen (secondary N) is 2. The summed E-state index contributed by atoms with van der Waals surface area (Å²) in [5.41, 5.74) is -1.23. The van der Waals surface area contributed by atoms with Crippen molar-refractivity contribution in [3.05, 3.63) is 47.0 Å². The van der Waals surface area contributed by atoms with Gasteiger partial charge in [0.1, 0.15) is 11.5 Å². The van der Waals surface area contributed by atoms with Gasteiger partial charge in [-0.3, -0.25) is 0 Å². The second-order valence-electron chi connectivity index (χ2n) is 4.83. The number of carbonyl (C=O) groups is 1. The van der Waals surface area contributed by atoms with E-state index in [-0.39, 0.29) is 10.7 Å². The lowest BCUT2D eigenvalue weighted by molar-refractivity contribution is -0.136. The molecule has 0 radical (unpaired) electrons. The molecule has 2 N–H and O–H groups in total. The van der Waals surface area contributed by atoms with E-state index in [1.165, 1.54) is 26.4 Å². The van der Waals surface area contributed by atoms with E-state index >= 15 is 0 Å². The molecule has 25 heavy (non-hydrogen) atoms. The van der Waals surface area contributed by atoms with Gasteiger partial charge in [0.15, 0.2) is 0 Å². The van der Waals surface area contributed by atoms with Gasteiger partial charge in [-0.25, -0.2) is 4.79 Å². The van der Waals surface area contributed by atoms with E-state index in [1.54, 1.807) is 12.1 Å². The molecule has 2 aromatic carbocycles. The summed E-state index contributed by atoms with van der Waals surface area (Å²) in [6, 6.07) is 6.83. The largest absolute Gasteiger partial charge is 0.497 e. The Labute approximate surface area is 146 Å². The molecule has 0 aromatic heterocycles. The molecule has 0 heterocycles. The summed E-state index contributed by atoms with van der Waals surface area (Å²) in [5.74, 6) is 0.765.